The molecule has 7 nitrogen and oxygen atoms in total. The zero-order chi connectivity index (χ0) is 22.0. The number of amidine groups is 1. The summed E-state index contributed by atoms with van der Waals surface area (Å²) < 4.78 is 18.8. The van der Waals surface area contributed by atoms with E-state index in [-0.39, 0.29) is 0 Å². The van der Waals surface area contributed by atoms with Gasteiger partial charge in [0.2, 0.25) is 0 Å². The zero-order valence-corrected chi connectivity index (χ0v) is 18.1. The highest BCUT2D eigenvalue weighted by Gasteiger charge is 2.51. The third-order valence-corrected chi connectivity index (χ3v) is 7.14. The molecular formula is C25H20N3O4. The molecule has 7 heteroatoms. The lowest BCUT2D eigenvalue weighted by Crippen LogP contribution is -2.50. The second-order valence-corrected chi connectivity index (χ2v) is 9.52. The average Bonchev–Trinajstić information content (AvgIpc) is 2.92. The number of hydrogen-bond donors (Lipinski definition) is 0. The molecule has 0 saturated carbocycles. The number of hydrogen-bond acceptors (Lipinski definition) is 6. The molecule has 7 rings (SSSR count). The number of para-hydroxylation sites is 2. The van der Waals surface area contributed by atoms with Gasteiger partial charge in [0.15, 0.2) is 40.3 Å². The molecule has 0 aromatic heterocycles. The molecule has 0 saturated heterocycles. The number of anilines is 3. The Hall–Kier alpha value is -3.71. The molecule has 3 aromatic carbocycles. The zero-order valence-electron chi connectivity index (χ0n) is 18.1. The molecular weight excluding hydrogens is 406 g/mol. The summed E-state index contributed by atoms with van der Waals surface area (Å²) in [6, 6.07) is 15.3. The Balaban J connectivity index is 1.48. The van der Waals surface area contributed by atoms with Crippen LogP contribution in [0.25, 0.3) is 0 Å². The summed E-state index contributed by atoms with van der Waals surface area (Å²) >= 11 is 0. The SMILES string of the molecule is CC1(C)N=C(c2cc3c4c(c2)Oc2cccc5c2N4c2c(cccc2O3)O5)N([O])C1(C)C. The van der Waals surface area contributed by atoms with E-state index in [4.69, 9.17) is 19.2 Å². The number of hydroxylamine groups is 2. The smallest absolute Gasteiger partial charge is 0.159 e. The fourth-order valence-corrected chi connectivity index (χ4v) is 4.69. The predicted molar refractivity (Wildman–Crippen MR) is 119 cm³/mol. The summed E-state index contributed by atoms with van der Waals surface area (Å²) in [4.78, 5) is 6.92. The second kappa shape index (κ2) is 5.37. The highest BCUT2D eigenvalue weighted by atomic mass is 16.5. The second-order valence-electron chi connectivity index (χ2n) is 9.52. The highest BCUT2D eigenvalue weighted by molar-refractivity contribution is 6.05. The van der Waals surface area contributed by atoms with Gasteiger partial charge in [0, 0.05) is 5.56 Å². The van der Waals surface area contributed by atoms with E-state index in [9.17, 15) is 5.21 Å². The van der Waals surface area contributed by atoms with Gasteiger partial charge in [-0.1, -0.05) is 17.3 Å². The van der Waals surface area contributed by atoms with Gasteiger partial charge in [-0.15, -0.1) is 0 Å². The molecule has 0 spiro atoms. The first kappa shape index (κ1) is 17.9. The van der Waals surface area contributed by atoms with E-state index in [0.717, 1.165) is 33.6 Å². The standard InChI is InChI=1S/C25H20N3O4/c1-24(2)25(3,4)28(29)23(26-24)13-11-18-22-19(12-13)32-17-10-6-8-15-21(17)27(22)20-14(30-15)7-5-9-16(20)31-18/h5-12H,1-4H3. The van der Waals surface area contributed by atoms with Crippen molar-refractivity contribution in [2.45, 2.75) is 38.8 Å². The monoisotopic (exact) mass is 426 g/mol. The maximum atomic E-state index is 13.2. The molecule has 0 N–H and O–H groups in total. The van der Waals surface area contributed by atoms with Crippen molar-refractivity contribution < 1.29 is 19.4 Å². The van der Waals surface area contributed by atoms with Crippen molar-refractivity contribution in [1.82, 2.24) is 5.06 Å². The first-order valence-electron chi connectivity index (χ1n) is 10.6. The molecule has 0 bridgehead atoms. The lowest BCUT2D eigenvalue weighted by Gasteiger charge is -2.41. The third kappa shape index (κ3) is 1.97. The first-order chi connectivity index (χ1) is 15.3. The maximum absolute atomic E-state index is 13.2. The Morgan fingerprint density at radius 2 is 1.16 bits per heavy atom. The molecule has 4 aliphatic rings. The van der Waals surface area contributed by atoms with Crippen molar-refractivity contribution in [1.29, 1.82) is 0 Å². The topological polar surface area (TPSA) is 66.4 Å². The van der Waals surface area contributed by atoms with Gasteiger partial charge in [-0.25, -0.2) is 0 Å². The molecule has 0 aliphatic carbocycles. The van der Waals surface area contributed by atoms with Crippen molar-refractivity contribution in [3.63, 3.8) is 0 Å². The predicted octanol–water partition coefficient (Wildman–Crippen LogP) is 6.44. The van der Waals surface area contributed by atoms with Gasteiger partial charge in [-0.05, 0) is 64.1 Å². The van der Waals surface area contributed by atoms with Gasteiger partial charge < -0.3 is 14.2 Å². The molecule has 0 atom stereocenters. The Labute approximate surface area is 185 Å². The molecule has 0 fully saturated rings. The lowest BCUT2D eigenvalue weighted by atomic mass is 9.84. The maximum Gasteiger partial charge on any atom is 0.159 e. The molecule has 1 radical (unpaired) electrons. The number of rotatable bonds is 1. The normalized spacial score (nSPS) is 19.5. The van der Waals surface area contributed by atoms with Crippen molar-refractivity contribution in [2.24, 2.45) is 4.99 Å². The van der Waals surface area contributed by atoms with E-state index in [1.165, 1.54) is 0 Å². The fraction of sp³-hybridized carbons (Fsp3) is 0.240. The first-order valence-corrected chi connectivity index (χ1v) is 10.6. The van der Waals surface area contributed by atoms with E-state index in [1.807, 2.05) is 76.2 Å². The van der Waals surface area contributed by atoms with Gasteiger partial charge in [-0.3, -0.25) is 9.89 Å². The average molecular weight is 426 g/mol. The molecule has 159 valence electrons. The van der Waals surface area contributed by atoms with E-state index in [2.05, 4.69) is 4.90 Å². The van der Waals surface area contributed by atoms with E-state index >= 15 is 0 Å². The van der Waals surface area contributed by atoms with Crippen LogP contribution in [-0.2, 0) is 5.21 Å². The van der Waals surface area contributed by atoms with Gasteiger partial charge in [-0.2, -0.15) is 5.06 Å². The minimum absolute atomic E-state index is 0.382. The van der Waals surface area contributed by atoms with E-state index in [0.29, 0.717) is 34.4 Å². The third-order valence-electron chi connectivity index (χ3n) is 7.14. The molecule has 32 heavy (non-hydrogen) atoms. The summed E-state index contributed by atoms with van der Waals surface area (Å²) in [7, 11) is 0. The summed E-state index contributed by atoms with van der Waals surface area (Å²) in [6.45, 7) is 7.78. The number of ether oxygens (including phenoxy) is 3. The van der Waals surface area contributed by atoms with Crippen molar-refractivity contribution in [3.8, 4) is 34.5 Å². The van der Waals surface area contributed by atoms with Crippen LogP contribution in [0.2, 0.25) is 0 Å². The van der Waals surface area contributed by atoms with Crippen LogP contribution >= 0.6 is 0 Å². The van der Waals surface area contributed by atoms with Gasteiger partial charge in [0.1, 0.15) is 17.1 Å². The largest absolute Gasteiger partial charge is 0.453 e. The van der Waals surface area contributed by atoms with Crippen LogP contribution in [0, 0.1) is 0 Å². The number of nitrogens with zero attached hydrogens (tertiary/aromatic N) is 3. The highest BCUT2D eigenvalue weighted by Crippen LogP contribution is 2.66. The van der Waals surface area contributed by atoms with Crippen LogP contribution < -0.4 is 19.1 Å². The Kier molecular flexibility index (Phi) is 3.00. The van der Waals surface area contributed by atoms with Crippen LogP contribution in [0.1, 0.15) is 33.3 Å². The van der Waals surface area contributed by atoms with Gasteiger partial charge in [0.05, 0.1) is 11.1 Å². The number of benzene rings is 3. The minimum atomic E-state index is -0.676. The Morgan fingerprint density at radius 1 is 0.719 bits per heavy atom. The van der Waals surface area contributed by atoms with Crippen LogP contribution in [0.5, 0.6) is 34.5 Å². The summed E-state index contributed by atoms with van der Waals surface area (Å²) in [6.07, 6.45) is 0. The van der Waals surface area contributed by atoms with E-state index < -0.39 is 11.1 Å². The molecule has 4 heterocycles. The van der Waals surface area contributed by atoms with Gasteiger partial charge >= 0.3 is 0 Å². The molecule has 4 aliphatic heterocycles. The Bertz CT molecular complexity index is 1320. The van der Waals surface area contributed by atoms with Crippen molar-refractivity contribution in [3.05, 3.63) is 54.1 Å². The summed E-state index contributed by atoms with van der Waals surface area (Å²) in [5, 5.41) is 14.2. The summed E-state index contributed by atoms with van der Waals surface area (Å²) in [5.41, 5.74) is 1.95. The van der Waals surface area contributed by atoms with Crippen molar-refractivity contribution in [2.75, 3.05) is 4.90 Å². The quantitative estimate of drug-likeness (QED) is 0.303. The minimum Gasteiger partial charge on any atom is -0.453 e. The van der Waals surface area contributed by atoms with Crippen molar-refractivity contribution >= 4 is 22.9 Å². The van der Waals surface area contributed by atoms with Crippen LogP contribution in [0.3, 0.4) is 0 Å². The van der Waals surface area contributed by atoms with Crippen LogP contribution in [-0.4, -0.2) is 22.0 Å². The molecule has 0 amide bonds. The van der Waals surface area contributed by atoms with Gasteiger partial charge in [0.25, 0.3) is 0 Å². The molecule has 0 unspecified atom stereocenters. The fourth-order valence-electron chi connectivity index (χ4n) is 4.69. The van der Waals surface area contributed by atoms with E-state index in [1.54, 1.807) is 0 Å². The number of aliphatic imine (C=N–C) groups is 1. The summed E-state index contributed by atoms with van der Waals surface area (Å²) in [5.74, 6) is 4.44. The van der Waals surface area contributed by atoms with Crippen LogP contribution in [0.15, 0.2) is 53.5 Å². The van der Waals surface area contributed by atoms with Crippen LogP contribution in [0.4, 0.5) is 17.1 Å². The Morgan fingerprint density at radius 3 is 1.59 bits per heavy atom. The lowest BCUT2D eigenvalue weighted by molar-refractivity contribution is -0.158. The molecule has 3 aromatic rings.